The smallest absolute Gasteiger partial charge is 0.341 e. The molecule has 0 radical (unpaired) electrons. The van der Waals surface area contributed by atoms with Crippen molar-refractivity contribution in [2.45, 2.75) is 6.92 Å². The average molecular weight is 454 g/mol. The van der Waals surface area contributed by atoms with Crippen LogP contribution in [0.5, 0.6) is 0 Å². The summed E-state index contributed by atoms with van der Waals surface area (Å²) in [5.41, 5.74) is 1.56. The molecule has 1 amide bonds. The van der Waals surface area contributed by atoms with Crippen molar-refractivity contribution < 1.29 is 18.7 Å². The van der Waals surface area contributed by atoms with Crippen molar-refractivity contribution in [3.05, 3.63) is 86.5 Å². The summed E-state index contributed by atoms with van der Waals surface area (Å²) in [6.45, 7) is 1.90. The Morgan fingerprint density at radius 3 is 2.65 bits per heavy atom. The highest BCUT2D eigenvalue weighted by Gasteiger charge is 2.24. The minimum atomic E-state index is -0.652. The summed E-state index contributed by atoms with van der Waals surface area (Å²) in [5, 5.41) is 5.43. The van der Waals surface area contributed by atoms with Crippen molar-refractivity contribution in [3.63, 3.8) is 0 Å². The summed E-state index contributed by atoms with van der Waals surface area (Å²) in [6, 6.07) is 15.0. The summed E-state index contributed by atoms with van der Waals surface area (Å²) in [6.07, 6.45) is 0. The monoisotopic (exact) mass is 453 g/mol. The Labute approximate surface area is 186 Å². The van der Waals surface area contributed by atoms with Crippen molar-refractivity contribution in [1.82, 2.24) is 0 Å². The molecule has 2 aromatic carbocycles. The van der Waals surface area contributed by atoms with Crippen LogP contribution in [0.25, 0.3) is 22.1 Å². The fourth-order valence-corrected chi connectivity index (χ4v) is 4.22. The summed E-state index contributed by atoms with van der Waals surface area (Å²) in [5.74, 6) is -1.38. The van der Waals surface area contributed by atoms with E-state index in [9.17, 15) is 14.4 Å². The first-order chi connectivity index (χ1) is 15.0. The van der Waals surface area contributed by atoms with Gasteiger partial charge in [0.25, 0.3) is 5.91 Å². The van der Waals surface area contributed by atoms with E-state index in [0.717, 1.165) is 11.6 Å². The zero-order chi connectivity index (χ0) is 22.0. The molecule has 4 aromatic rings. The van der Waals surface area contributed by atoms with Crippen LogP contribution in [0.2, 0.25) is 5.02 Å². The van der Waals surface area contributed by atoms with Crippen LogP contribution in [0.4, 0.5) is 5.00 Å². The molecule has 0 saturated heterocycles. The van der Waals surface area contributed by atoms with Gasteiger partial charge in [-0.25, -0.2) is 4.79 Å². The van der Waals surface area contributed by atoms with Crippen LogP contribution in [-0.4, -0.2) is 18.5 Å². The highest BCUT2D eigenvalue weighted by Crippen LogP contribution is 2.36. The molecule has 2 heterocycles. The molecule has 4 rings (SSSR count). The number of amides is 1. The van der Waals surface area contributed by atoms with Crippen molar-refractivity contribution in [2.24, 2.45) is 0 Å². The lowest BCUT2D eigenvalue weighted by Crippen LogP contribution is -2.16. The average Bonchev–Trinajstić information content (AvgIpc) is 3.18. The molecule has 6 nitrogen and oxygen atoms in total. The van der Waals surface area contributed by atoms with Crippen molar-refractivity contribution in [1.29, 1.82) is 0 Å². The minimum absolute atomic E-state index is 0.177. The lowest BCUT2D eigenvalue weighted by atomic mass is 10.0. The van der Waals surface area contributed by atoms with E-state index in [2.05, 4.69) is 5.32 Å². The lowest BCUT2D eigenvalue weighted by molar-refractivity contribution is 0.0529. The number of ether oxygens (including phenoxy) is 1. The SMILES string of the molecule is CCOC(=O)c1c(-c2ccccc2)csc1NC(=O)c1cc(=O)c2cc(Cl)ccc2o1. The van der Waals surface area contributed by atoms with Gasteiger partial charge in [-0.1, -0.05) is 41.9 Å². The Morgan fingerprint density at radius 2 is 1.90 bits per heavy atom. The molecule has 0 bridgehead atoms. The number of thiophene rings is 1. The number of fused-ring (bicyclic) bond motifs is 1. The Balaban J connectivity index is 1.72. The fraction of sp³-hybridized carbons (Fsp3) is 0.0870. The van der Waals surface area contributed by atoms with E-state index in [1.165, 1.54) is 23.5 Å². The van der Waals surface area contributed by atoms with Gasteiger partial charge in [-0.2, -0.15) is 0 Å². The van der Waals surface area contributed by atoms with E-state index >= 15 is 0 Å². The molecule has 0 aliphatic heterocycles. The summed E-state index contributed by atoms with van der Waals surface area (Å²) >= 11 is 7.11. The number of hydrogen-bond acceptors (Lipinski definition) is 6. The second-order valence-corrected chi connectivity index (χ2v) is 7.83. The fourth-order valence-electron chi connectivity index (χ4n) is 3.09. The highest BCUT2D eigenvalue weighted by molar-refractivity contribution is 7.15. The maximum absolute atomic E-state index is 12.8. The van der Waals surface area contributed by atoms with E-state index in [-0.39, 0.29) is 28.9 Å². The number of hydrogen-bond donors (Lipinski definition) is 1. The van der Waals surface area contributed by atoms with Gasteiger partial charge in [0.1, 0.15) is 16.1 Å². The van der Waals surface area contributed by atoms with Gasteiger partial charge < -0.3 is 14.5 Å². The molecule has 1 N–H and O–H groups in total. The van der Waals surface area contributed by atoms with Crippen LogP contribution in [0.3, 0.4) is 0 Å². The standard InChI is InChI=1S/C23H16ClNO5S/c1-2-29-23(28)20-16(13-6-4-3-5-7-13)12-31-22(20)25-21(27)19-11-17(26)15-10-14(24)8-9-18(15)30-19/h3-12H,2H2,1H3,(H,25,27). The molecule has 0 spiro atoms. The van der Waals surface area contributed by atoms with Crippen molar-refractivity contribution in [2.75, 3.05) is 11.9 Å². The first-order valence-corrected chi connectivity index (χ1v) is 10.6. The van der Waals surface area contributed by atoms with Crippen LogP contribution >= 0.6 is 22.9 Å². The normalized spacial score (nSPS) is 10.8. The maximum atomic E-state index is 12.8. The van der Waals surface area contributed by atoms with Gasteiger partial charge in [-0.15, -0.1) is 11.3 Å². The van der Waals surface area contributed by atoms with Gasteiger partial charge in [-0.3, -0.25) is 9.59 Å². The molecule has 0 atom stereocenters. The highest BCUT2D eigenvalue weighted by atomic mass is 35.5. The molecule has 0 unspecified atom stereocenters. The summed E-state index contributed by atoms with van der Waals surface area (Å²) in [7, 11) is 0. The van der Waals surface area contributed by atoms with E-state index in [1.54, 1.807) is 18.4 Å². The largest absolute Gasteiger partial charge is 0.462 e. The molecular weight excluding hydrogens is 438 g/mol. The number of carbonyl (C=O) groups excluding carboxylic acids is 2. The number of esters is 1. The molecule has 156 valence electrons. The molecule has 0 saturated carbocycles. The summed E-state index contributed by atoms with van der Waals surface area (Å²) in [4.78, 5) is 37.9. The first kappa shape index (κ1) is 20.8. The number of carbonyl (C=O) groups is 2. The van der Waals surface area contributed by atoms with E-state index < -0.39 is 17.3 Å². The number of nitrogens with one attached hydrogen (secondary N) is 1. The second-order valence-electron chi connectivity index (χ2n) is 6.51. The Hall–Kier alpha value is -3.42. The van der Waals surface area contributed by atoms with Gasteiger partial charge in [0.05, 0.1) is 12.0 Å². The number of anilines is 1. The van der Waals surface area contributed by atoms with Crippen LogP contribution < -0.4 is 10.7 Å². The number of benzene rings is 2. The van der Waals surface area contributed by atoms with Gasteiger partial charge in [0, 0.05) is 22.0 Å². The van der Waals surface area contributed by atoms with Crippen molar-refractivity contribution >= 4 is 50.8 Å². The van der Waals surface area contributed by atoms with Crippen LogP contribution in [-0.2, 0) is 4.74 Å². The Morgan fingerprint density at radius 1 is 1.13 bits per heavy atom. The second kappa shape index (κ2) is 8.75. The third kappa shape index (κ3) is 4.23. The van der Waals surface area contributed by atoms with E-state index in [1.807, 2.05) is 30.3 Å². The van der Waals surface area contributed by atoms with Crippen LogP contribution in [0.15, 0.2) is 69.2 Å². The van der Waals surface area contributed by atoms with Gasteiger partial charge in [0.2, 0.25) is 0 Å². The molecule has 2 aromatic heterocycles. The molecule has 0 fully saturated rings. The Kier molecular flexibility index (Phi) is 5.88. The molecular formula is C23H16ClNO5S. The minimum Gasteiger partial charge on any atom is -0.462 e. The van der Waals surface area contributed by atoms with Crippen LogP contribution in [0.1, 0.15) is 27.8 Å². The zero-order valence-electron chi connectivity index (χ0n) is 16.3. The maximum Gasteiger partial charge on any atom is 0.341 e. The third-order valence-corrected chi connectivity index (χ3v) is 5.63. The van der Waals surface area contributed by atoms with E-state index in [4.69, 9.17) is 20.8 Å². The third-order valence-electron chi connectivity index (χ3n) is 4.50. The van der Waals surface area contributed by atoms with Crippen molar-refractivity contribution in [3.8, 4) is 11.1 Å². The number of halogens is 1. The van der Waals surface area contributed by atoms with E-state index in [0.29, 0.717) is 15.6 Å². The predicted octanol–water partition coefficient (Wildman–Crippen LogP) is 5.60. The predicted molar refractivity (Wildman–Crippen MR) is 121 cm³/mol. The summed E-state index contributed by atoms with van der Waals surface area (Å²) < 4.78 is 10.8. The molecule has 31 heavy (non-hydrogen) atoms. The topological polar surface area (TPSA) is 85.6 Å². The van der Waals surface area contributed by atoms with Gasteiger partial charge in [0.15, 0.2) is 11.2 Å². The van der Waals surface area contributed by atoms with Gasteiger partial charge in [-0.05, 0) is 30.7 Å². The van der Waals surface area contributed by atoms with Gasteiger partial charge >= 0.3 is 5.97 Å². The number of rotatable bonds is 5. The molecule has 0 aliphatic carbocycles. The molecule has 0 aliphatic rings. The molecule has 8 heteroatoms. The quantitative estimate of drug-likeness (QED) is 0.397. The first-order valence-electron chi connectivity index (χ1n) is 9.36. The van der Waals surface area contributed by atoms with Crippen LogP contribution in [0, 0.1) is 0 Å². The Bertz CT molecular complexity index is 1340. The zero-order valence-corrected chi connectivity index (χ0v) is 17.9. The lowest BCUT2D eigenvalue weighted by Gasteiger charge is -2.09.